The van der Waals surface area contributed by atoms with Crippen molar-refractivity contribution in [1.29, 1.82) is 0 Å². The maximum Gasteiger partial charge on any atom is 0.416 e. The van der Waals surface area contributed by atoms with Gasteiger partial charge in [-0.3, -0.25) is 4.79 Å². The zero-order valence-corrected chi connectivity index (χ0v) is 15.1. The third-order valence-corrected chi connectivity index (χ3v) is 3.53. The molecular weight excluding hydrogens is 369 g/mol. The van der Waals surface area contributed by atoms with Crippen LogP contribution in [-0.2, 0) is 6.18 Å². The van der Waals surface area contributed by atoms with Crippen molar-refractivity contribution in [2.24, 2.45) is 0 Å². The highest BCUT2D eigenvalue weighted by atomic mass is 35.5. The number of hydrogen-bond acceptors (Lipinski definition) is 4. The molecule has 2 rings (SSSR count). The second-order valence-corrected chi connectivity index (χ2v) is 5.43. The molecule has 1 heterocycles. The predicted molar refractivity (Wildman–Crippen MR) is 97.1 cm³/mol. The average molecular weight is 389 g/mol. The van der Waals surface area contributed by atoms with Crippen LogP contribution in [-0.4, -0.2) is 43.0 Å². The predicted octanol–water partition coefficient (Wildman–Crippen LogP) is 3.56. The van der Waals surface area contributed by atoms with Gasteiger partial charge in [-0.1, -0.05) is 6.07 Å². The second-order valence-electron chi connectivity index (χ2n) is 5.43. The minimum Gasteiger partial charge on any atom is -0.340 e. The standard InChI is InChI=1S/C17H19F3N4O.ClH/c1-21-9-10-24(2)16(25)14-7-4-8-22-15(14)23-13-6-3-5-12(11-13)17(18,19)20;/h3-8,11,21H,9-10H2,1-2H3,(H,22,23);1H. The van der Waals surface area contributed by atoms with Crippen molar-refractivity contribution in [1.82, 2.24) is 15.2 Å². The van der Waals surface area contributed by atoms with E-state index in [0.29, 0.717) is 18.7 Å². The van der Waals surface area contributed by atoms with E-state index in [1.165, 1.54) is 23.2 Å². The molecule has 0 spiro atoms. The molecular formula is C17H20ClF3N4O. The first kappa shape index (κ1) is 21.7. The summed E-state index contributed by atoms with van der Waals surface area (Å²) < 4.78 is 38.5. The van der Waals surface area contributed by atoms with Crippen LogP contribution in [0, 0.1) is 0 Å². The first-order valence-corrected chi connectivity index (χ1v) is 7.62. The normalized spacial score (nSPS) is 10.8. The summed E-state index contributed by atoms with van der Waals surface area (Å²) in [7, 11) is 3.43. The molecule has 26 heavy (non-hydrogen) atoms. The number of carbonyl (C=O) groups excluding carboxylic acids is 1. The third kappa shape index (κ3) is 5.60. The summed E-state index contributed by atoms with van der Waals surface area (Å²) in [5, 5.41) is 5.75. The van der Waals surface area contributed by atoms with Gasteiger partial charge in [-0.15, -0.1) is 12.4 Å². The first-order valence-electron chi connectivity index (χ1n) is 7.62. The zero-order valence-electron chi connectivity index (χ0n) is 14.3. The molecule has 0 fully saturated rings. The molecule has 0 aliphatic rings. The molecule has 0 radical (unpaired) electrons. The number of pyridine rings is 1. The van der Waals surface area contributed by atoms with Gasteiger partial charge < -0.3 is 15.5 Å². The Morgan fingerprint density at radius 1 is 1.23 bits per heavy atom. The third-order valence-electron chi connectivity index (χ3n) is 3.53. The molecule has 142 valence electrons. The van der Waals surface area contributed by atoms with Crippen molar-refractivity contribution < 1.29 is 18.0 Å². The number of likely N-dealkylation sites (N-methyl/N-ethyl adjacent to an activating group) is 2. The summed E-state index contributed by atoms with van der Waals surface area (Å²) in [6.45, 7) is 1.12. The number of benzene rings is 1. The van der Waals surface area contributed by atoms with Gasteiger partial charge in [0.1, 0.15) is 5.82 Å². The van der Waals surface area contributed by atoms with E-state index in [2.05, 4.69) is 15.6 Å². The van der Waals surface area contributed by atoms with Crippen molar-refractivity contribution in [2.75, 3.05) is 32.5 Å². The quantitative estimate of drug-likeness (QED) is 0.794. The summed E-state index contributed by atoms with van der Waals surface area (Å²) in [4.78, 5) is 18.1. The van der Waals surface area contributed by atoms with Crippen molar-refractivity contribution in [3.8, 4) is 0 Å². The molecule has 1 aromatic carbocycles. The number of hydrogen-bond donors (Lipinski definition) is 2. The maximum absolute atomic E-state index is 12.8. The monoisotopic (exact) mass is 388 g/mol. The van der Waals surface area contributed by atoms with Gasteiger partial charge in [0.2, 0.25) is 0 Å². The highest BCUT2D eigenvalue weighted by Gasteiger charge is 2.30. The van der Waals surface area contributed by atoms with E-state index in [4.69, 9.17) is 0 Å². The highest BCUT2D eigenvalue weighted by molar-refractivity contribution is 5.99. The van der Waals surface area contributed by atoms with Crippen LogP contribution in [0.2, 0.25) is 0 Å². The molecule has 0 atom stereocenters. The molecule has 1 aromatic heterocycles. The fraction of sp³-hybridized carbons (Fsp3) is 0.294. The number of nitrogens with one attached hydrogen (secondary N) is 2. The summed E-state index contributed by atoms with van der Waals surface area (Å²) in [5.74, 6) is -0.0547. The Balaban J connectivity index is 0.00000338. The SMILES string of the molecule is CNCCN(C)C(=O)c1cccnc1Nc1cccc(C(F)(F)F)c1.Cl. The van der Waals surface area contributed by atoms with E-state index in [0.717, 1.165) is 12.1 Å². The lowest BCUT2D eigenvalue weighted by atomic mass is 10.1. The molecule has 0 aliphatic carbocycles. The van der Waals surface area contributed by atoms with Gasteiger partial charge in [0.05, 0.1) is 11.1 Å². The molecule has 0 saturated carbocycles. The van der Waals surface area contributed by atoms with Gasteiger partial charge in [0.15, 0.2) is 0 Å². The zero-order chi connectivity index (χ0) is 18.4. The Hall–Kier alpha value is -2.32. The number of aromatic nitrogens is 1. The lowest BCUT2D eigenvalue weighted by Gasteiger charge is -2.19. The highest BCUT2D eigenvalue weighted by Crippen LogP contribution is 2.31. The molecule has 2 aromatic rings. The first-order chi connectivity index (χ1) is 11.8. The van der Waals surface area contributed by atoms with Crippen LogP contribution in [0.4, 0.5) is 24.7 Å². The van der Waals surface area contributed by atoms with E-state index in [-0.39, 0.29) is 29.8 Å². The van der Waals surface area contributed by atoms with Gasteiger partial charge in [-0.05, 0) is 37.4 Å². The van der Waals surface area contributed by atoms with E-state index in [1.807, 2.05) is 0 Å². The van der Waals surface area contributed by atoms with Gasteiger partial charge >= 0.3 is 6.18 Å². The second kappa shape index (κ2) is 9.40. The molecule has 9 heteroatoms. The fourth-order valence-corrected chi connectivity index (χ4v) is 2.17. The van der Waals surface area contributed by atoms with Crippen LogP contribution in [0.1, 0.15) is 15.9 Å². The van der Waals surface area contributed by atoms with Crippen LogP contribution in [0.25, 0.3) is 0 Å². The Morgan fingerprint density at radius 3 is 2.62 bits per heavy atom. The number of halogens is 4. The summed E-state index contributed by atoms with van der Waals surface area (Å²) in [6.07, 6.45) is -2.96. The van der Waals surface area contributed by atoms with Gasteiger partial charge in [0, 0.05) is 32.0 Å². The number of nitrogens with zero attached hydrogens (tertiary/aromatic N) is 2. The van der Waals surface area contributed by atoms with E-state index >= 15 is 0 Å². The topological polar surface area (TPSA) is 57.3 Å². The smallest absolute Gasteiger partial charge is 0.340 e. The number of rotatable bonds is 6. The average Bonchev–Trinajstić information content (AvgIpc) is 2.59. The fourth-order valence-electron chi connectivity index (χ4n) is 2.17. The molecule has 0 aliphatic heterocycles. The van der Waals surface area contributed by atoms with Gasteiger partial charge in [0.25, 0.3) is 5.91 Å². The van der Waals surface area contributed by atoms with Crippen LogP contribution in [0.15, 0.2) is 42.6 Å². The van der Waals surface area contributed by atoms with Gasteiger partial charge in [-0.25, -0.2) is 4.98 Å². The van der Waals surface area contributed by atoms with Crippen LogP contribution < -0.4 is 10.6 Å². The van der Waals surface area contributed by atoms with Crippen LogP contribution >= 0.6 is 12.4 Å². The number of anilines is 2. The lowest BCUT2D eigenvalue weighted by molar-refractivity contribution is -0.137. The van der Waals surface area contributed by atoms with E-state index < -0.39 is 11.7 Å². The van der Waals surface area contributed by atoms with Crippen LogP contribution in [0.5, 0.6) is 0 Å². The number of alkyl halides is 3. The summed E-state index contributed by atoms with van der Waals surface area (Å²) in [6, 6.07) is 7.95. The lowest BCUT2D eigenvalue weighted by Crippen LogP contribution is -2.33. The van der Waals surface area contributed by atoms with E-state index in [1.54, 1.807) is 26.2 Å². The van der Waals surface area contributed by atoms with Crippen molar-refractivity contribution >= 4 is 29.8 Å². The van der Waals surface area contributed by atoms with Crippen molar-refractivity contribution in [3.63, 3.8) is 0 Å². The largest absolute Gasteiger partial charge is 0.416 e. The number of amides is 1. The minimum absolute atomic E-state index is 0. The number of carbonyl (C=O) groups is 1. The Labute approximate surface area is 156 Å². The molecule has 1 amide bonds. The Kier molecular flexibility index (Phi) is 7.85. The van der Waals surface area contributed by atoms with E-state index in [9.17, 15) is 18.0 Å². The minimum atomic E-state index is -4.44. The summed E-state index contributed by atoms with van der Waals surface area (Å²) in [5.41, 5.74) is -0.272. The maximum atomic E-state index is 12.8. The molecule has 0 bridgehead atoms. The molecule has 0 saturated heterocycles. The van der Waals surface area contributed by atoms with Crippen molar-refractivity contribution in [2.45, 2.75) is 6.18 Å². The Bertz CT molecular complexity index is 740. The summed E-state index contributed by atoms with van der Waals surface area (Å²) >= 11 is 0. The molecule has 5 nitrogen and oxygen atoms in total. The Morgan fingerprint density at radius 2 is 1.96 bits per heavy atom. The molecule has 2 N–H and O–H groups in total. The van der Waals surface area contributed by atoms with Gasteiger partial charge in [-0.2, -0.15) is 13.2 Å². The van der Waals surface area contributed by atoms with Crippen LogP contribution in [0.3, 0.4) is 0 Å². The van der Waals surface area contributed by atoms with Crippen molar-refractivity contribution in [3.05, 3.63) is 53.7 Å². The molecule has 0 unspecified atom stereocenters.